The molecular formula is C24H20ClN3O. The van der Waals surface area contributed by atoms with Gasteiger partial charge in [0.15, 0.2) is 0 Å². The molecule has 4 nitrogen and oxygen atoms in total. The number of nitrogens with one attached hydrogen (secondary N) is 1. The Morgan fingerprint density at radius 1 is 0.931 bits per heavy atom. The molecule has 1 amide bonds. The second-order valence-electron chi connectivity index (χ2n) is 6.91. The molecule has 0 saturated carbocycles. The van der Waals surface area contributed by atoms with E-state index in [9.17, 15) is 4.79 Å². The van der Waals surface area contributed by atoms with E-state index >= 15 is 0 Å². The zero-order valence-electron chi connectivity index (χ0n) is 16.2. The number of para-hydroxylation sites is 1. The molecule has 1 heterocycles. The van der Waals surface area contributed by atoms with Gasteiger partial charge in [0.2, 0.25) is 0 Å². The molecule has 0 radical (unpaired) electrons. The normalized spacial score (nSPS) is 10.7. The molecule has 1 aromatic heterocycles. The summed E-state index contributed by atoms with van der Waals surface area (Å²) in [6, 6.07) is 24.9. The molecular weight excluding hydrogens is 382 g/mol. The Morgan fingerprint density at radius 2 is 1.62 bits per heavy atom. The lowest BCUT2D eigenvalue weighted by Gasteiger charge is -2.11. The third-order valence-corrected chi connectivity index (χ3v) is 5.09. The van der Waals surface area contributed by atoms with Crippen LogP contribution in [0.1, 0.15) is 21.5 Å². The molecule has 0 unspecified atom stereocenters. The van der Waals surface area contributed by atoms with Crippen molar-refractivity contribution in [2.45, 2.75) is 13.8 Å². The summed E-state index contributed by atoms with van der Waals surface area (Å²) < 4.78 is 1.76. The fourth-order valence-corrected chi connectivity index (χ4v) is 3.37. The maximum absolute atomic E-state index is 12.9. The van der Waals surface area contributed by atoms with Gasteiger partial charge in [0, 0.05) is 11.6 Å². The minimum absolute atomic E-state index is 0.277. The van der Waals surface area contributed by atoms with Crippen LogP contribution in [0, 0.1) is 13.8 Å². The number of benzene rings is 3. The van der Waals surface area contributed by atoms with Gasteiger partial charge in [-0.1, -0.05) is 71.8 Å². The molecule has 4 aromatic rings. The number of carbonyl (C=O) groups excluding carboxylic acids is 1. The van der Waals surface area contributed by atoms with Crippen molar-refractivity contribution >= 4 is 23.3 Å². The van der Waals surface area contributed by atoms with Gasteiger partial charge in [-0.15, -0.1) is 0 Å². The number of amides is 1. The number of rotatable bonds is 4. The van der Waals surface area contributed by atoms with Gasteiger partial charge in [-0.2, -0.15) is 5.10 Å². The van der Waals surface area contributed by atoms with Crippen molar-refractivity contribution in [1.29, 1.82) is 0 Å². The van der Waals surface area contributed by atoms with Crippen molar-refractivity contribution < 1.29 is 4.79 Å². The first-order valence-electron chi connectivity index (χ1n) is 9.32. The van der Waals surface area contributed by atoms with E-state index in [0.29, 0.717) is 16.4 Å². The van der Waals surface area contributed by atoms with Crippen molar-refractivity contribution in [3.8, 4) is 16.9 Å². The Hall–Kier alpha value is -3.37. The van der Waals surface area contributed by atoms with Crippen LogP contribution in [-0.4, -0.2) is 15.7 Å². The van der Waals surface area contributed by atoms with E-state index in [2.05, 4.69) is 5.32 Å². The number of nitrogens with zero attached hydrogens (tertiary/aromatic N) is 2. The van der Waals surface area contributed by atoms with E-state index in [-0.39, 0.29) is 5.91 Å². The van der Waals surface area contributed by atoms with Gasteiger partial charge in [0.25, 0.3) is 5.91 Å². The molecule has 144 valence electrons. The molecule has 0 aliphatic heterocycles. The van der Waals surface area contributed by atoms with Gasteiger partial charge in [0.05, 0.1) is 22.0 Å². The Kier molecular flexibility index (Phi) is 5.19. The molecule has 0 atom stereocenters. The van der Waals surface area contributed by atoms with E-state index in [1.807, 2.05) is 68.4 Å². The van der Waals surface area contributed by atoms with E-state index < -0.39 is 0 Å². The second-order valence-corrected chi connectivity index (χ2v) is 7.32. The Bertz CT molecular complexity index is 1180. The first-order chi connectivity index (χ1) is 14.0. The Morgan fingerprint density at radius 3 is 2.34 bits per heavy atom. The summed E-state index contributed by atoms with van der Waals surface area (Å²) in [4.78, 5) is 12.9. The fourth-order valence-electron chi connectivity index (χ4n) is 3.15. The molecule has 5 heteroatoms. The predicted octanol–water partition coefficient (Wildman–Crippen LogP) is 6.06. The zero-order valence-corrected chi connectivity index (χ0v) is 16.9. The highest BCUT2D eigenvalue weighted by Gasteiger charge is 2.17. The molecule has 0 aliphatic rings. The number of aryl methyl sites for hydroxylation is 2. The van der Waals surface area contributed by atoms with Gasteiger partial charge in [-0.3, -0.25) is 4.79 Å². The topological polar surface area (TPSA) is 46.9 Å². The van der Waals surface area contributed by atoms with Crippen molar-refractivity contribution in [3.05, 3.63) is 101 Å². The Labute approximate surface area is 174 Å². The zero-order chi connectivity index (χ0) is 20.4. The molecule has 0 saturated heterocycles. The molecule has 0 fully saturated rings. The summed E-state index contributed by atoms with van der Waals surface area (Å²) in [7, 11) is 0. The summed E-state index contributed by atoms with van der Waals surface area (Å²) in [6.07, 6.45) is 0. The first-order valence-corrected chi connectivity index (χ1v) is 9.70. The quantitative estimate of drug-likeness (QED) is 0.451. The summed E-state index contributed by atoms with van der Waals surface area (Å²) in [5.74, 6) is 0.306. The average Bonchev–Trinajstić information content (AvgIpc) is 3.12. The van der Waals surface area contributed by atoms with Gasteiger partial charge in [0.1, 0.15) is 5.82 Å². The second kappa shape index (κ2) is 7.94. The lowest BCUT2D eigenvalue weighted by Crippen LogP contribution is -2.15. The van der Waals surface area contributed by atoms with Crippen LogP contribution in [0.3, 0.4) is 0 Å². The minimum Gasteiger partial charge on any atom is -0.306 e. The maximum atomic E-state index is 12.9. The molecule has 29 heavy (non-hydrogen) atoms. The van der Waals surface area contributed by atoms with Crippen LogP contribution in [0.4, 0.5) is 5.82 Å². The highest BCUT2D eigenvalue weighted by atomic mass is 35.5. The number of anilines is 1. The first kappa shape index (κ1) is 19.0. The minimum atomic E-state index is -0.277. The van der Waals surface area contributed by atoms with Crippen LogP contribution < -0.4 is 5.32 Å². The SMILES string of the molecule is Cc1ccc(-c2cc(NC(=O)c3ccccc3Cl)n(-c3ccccc3C)n2)cc1. The third-order valence-electron chi connectivity index (χ3n) is 4.76. The van der Waals surface area contributed by atoms with Gasteiger partial charge < -0.3 is 5.32 Å². The van der Waals surface area contributed by atoms with Crippen molar-refractivity contribution in [1.82, 2.24) is 9.78 Å². The summed E-state index contributed by atoms with van der Waals surface area (Å²) >= 11 is 6.20. The molecule has 4 rings (SSSR count). The Balaban J connectivity index is 1.79. The van der Waals surface area contributed by atoms with Gasteiger partial charge >= 0.3 is 0 Å². The van der Waals surface area contributed by atoms with Crippen molar-refractivity contribution in [2.24, 2.45) is 0 Å². The number of aromatic nitrogens is 2. The van der Waals surface area contributed by atoms with Crippen LogP contribution in [0.5, 0.6) is 0 Å². The third kappa shape index (κ3) is 3.93. The predicted molar refractivity (Wildman–Crippen MR) is 118 cm³/mol. The monoisotopic (exact) mass is 401 g/mol. The lowest BCUT2D eigenvalue weighted by molar-refractivity contribution is 0.102. The lowest BCUT2D eigenvalue weighted by atomic mass is 10.1. The van der Waals surface area contributed by atoms with Crippen molar-refractivity contribution in [2.75, 3.05) is 5.32 Å². The number of carbonyl (C=O) groups is 1. The average molecular weight is 402 g/mol. The van der Waals surface area contributed by atoms with E-state index in [1.54, 1.807) is 28.9 Å². The summed E-state index contributed by atoms with van der Waals surface area (Å²) in [5, 5.41) is 8.16. The number of hydrogen-bond donors (Lipinski definition) is 1. The van der Waals surface area contributed by atoms with Crippen molar-refractivity contribution in [3.63, 3.8) is 0 Å². The van der Waals surface area contributed by atoms with E-state index in [0.717, 1.165) is 22.5 Å². The van der Waals surface area contributed by atoms with Crippen LogP contribution in [0.25, 0.3) is 16.9 Å². The summed E-state index contributed by atoms with van der Waals surface area (Å²) in [6.45, 7) is 4.06. The highest BCUT2D eigenvalue weighted by Crippen LogP contribution is 2.27. The molecule has 0 aliphatic carbocycles. The molecule has 3 aromatic carbocycles. The van der Waals surface area contributed by atoms with Gasteiger partial charge in [-0.25, -0.2) is 4.68 Å². The van der Waals surface area contributed by atoms with Gasteiger partial charge in [-0.05, 0) is 37.6 Å². The molecule has 0 spiro atoms. The maximum Gasteiger partial charge on any atom is 0.258 e. The highest BCUT2D eigenvalue weighted by molar-refractivity contribution is 6.34. The standard InChI is InChI=1S/C24H20ClN3O/c1-16-11-13-18(14-12-16)21-15-23(26-24(29)19-8-4-5-9-20(19)25)28(27-21)22-10-6-3-7-17(22)2/h3-15H,1-2H3,(H,26,29). The van der Waals surface area contributed by atoms with Crippen LogP contribution in [0.2, 0.25) is 5.02 Å². The number of halogens is 1. The fraction of sp³-hybridized carbons (Fsp3) is 0.0833. The van der Waals surface area contributed by atoms with E-state index in [4.69, 9.17) is 16.7 Å². The van der Waals surface area contributed by atoms with E-state index in [1.165, 1.54) is 5.56 Å². The van der Waals surface area contributed by atoms with Crippen LogP contribution in [0.15, 0.2) is 78.9 Å². The largest absolute Gasteiger partial charge is 0.306 e. The van der Waals surface area contributed by atoms with Crippen LogP contribution in [-0.2, 0) is 0 Å². The summed E-state index contributed by atoms with van der Waals surface area (Å²) in [5.41, 5.74) is 5.32. The number of hydrogen-bond acceptors (Lipinski definition) is 2. The molecule has 1 N–H and O–H groups in total. The van der Waals surface area contributed by atoms with Crippen LogP contribution >= 0.6 is 11.6 Å². The molecule has 0 bridgehead atoms. The smallest absolute Gasteiger partial charge is 0.258 e.